The van der Waals surface area contributed by atoms with Crippen LogP contribution in [0.2, 0.25) is 0 Å². The second kappa shape index (κ2) is 5.91. The molecular formula is C16H24FNO. The molecule has 1 aromatic rings. The minimum Gasteiger partial charge on any atom is -0.508 e. The van der Waals surface area contributed by atoms with Crippen LogP contribution in [0.3, 0.4) is 0 Å². The van der Waals surface area contributed by atoms with Crippen molar-refractivity contribution in [1.29, 1.82) is 0 Å². The van der Waals surface area contributed by atoms with E-state index in [0.717, 1.165) is 43.2 Å². The maximum absolute atomic E-state index is 14.6. The molecule has 1 aliphatic carbocycles. The van der Waals surface area contributed by atoms with Crippen molar-refractivity contribution in [2.75, 3.05) is 6.54 Å². The van der Waals surface area contributed by atoms with Crippen LogP contribution in [0.4, 0.5) is 4.39 Å². The Morgan fingerprint density at radius 3 is 2.68 bits per heavy atom. The van der Waals surface area contributed by atoms with Gasteiger partial charge in [-0.3, -0.25) is 0 Å². The Labute approximate surface area is 114 Å². The van der Waals surface area contributed by atoms with Crippen molar-refractivity contribution in [2.45, 2.75) is 51.9 Å². The van der Waals surface area contributed by atoms with Crippen molar-refractivity contribution in [3.63, 3.8) is 0 Å². The van der Waals surface area contributed by atoms with E-state index in [1.807, 2.05) is 13.8 Å². The summed E-state index contributed by atoms with van der Waals surface area (Å²) in [6.07, 6.45) is 4.68. The van der Waals surface area contributed by atoms with E-state index in [1.54, 1.807) is 6.07 Å². The molecule has 3 N–H and O–H groups in total. The molecule has 0 amide bonds. The fourth-order valence-electron chi connectivity index (χ4n) is 3.17. The van der Waals surface area contributed by atoms with Crippen molar-refractivity contribution in [1.82, 2.24) is 0 Å². The fourth-order valence-corrected chi connectivity index (χ4v) is 3.17. The normalized spacial score (nSPS) is 19.3. The van der Waals surface area contributed by atoms with Gasteiger partial charge < -0.3 is 10.8 Å². The maximum Gasteiger partial charge on any atom is 0.133 e. The van der Waals surface area contributed by atoms with E-state index in [0.29, 0.717) is 18.0 Å². The van der Waals surface area contributed by atoms with Gasteiger partial charge in [-0.05, 0) is 67.7 Å². The molecule has 0 spiro atoms. The van der Waals surface area contributed by atoms with E-state index in [9.17, 15) is 9.50 Å². The van der Waals surface area contributed by atoms with Crippen molar-refractivity contribution in [3.8, 4) is 5.75 Å². The summed E-state index contributed by atoms with van der Waals surface area (Å²) in [6, 6.07) is 1.78. The molecule has 2 rings (SSSR count). The van der Waals surface area contributed by atoms with Crippen molar-refractivity contribution in [3.05, 3.63) is 28.6 Å². The van der Waals surface area contributed by atoms with Crippen LogP contribution < -0.4 is 5.73 Å². The molecule has 0 fully saturated rings. The number of fused-ring (bicyclic) bond motifs is 1. The first kappa shape index (κ1) is 14.3. The number of phenols is 1. The van der Waals surface area contributed by atoms with Crippen molar-refractivity contribution >= 4 is 0 Å². The third kappa shape index (κ3) is 2.92. The summed E-state index contributed by atoms with van der Waals surface area (Å²) < 4.78 is 14.6. The zero-order valence-corrected chi connectivity index (χ0v) is 11.9. The lowest BCUT2D eigenvalue weighted by atomic mass is 9.93. The number of aryl methyl sites for hydroxylation is 1. The quantitative estimate of drug-likeness (QED) is 0.822. The third-order valence-corrected chi connectivity index (χ3v) is 4.25. The zero-order valence-electron chi connectivity index (χ0n) is 11.9. The van der Waals surface area contributed by atoms with Crippen LogP contribution in [-0.4, -0.2) is 11.7 Å². The first-order chi connectivity index (χ1) is 9.04. The summed E-state index contributed by atoms with van der Waals surface area (Å²) in [7, 11) is 0. The summed E-state index contributed by atoms with van der Waals surface area (Å²) >= 11 is 0. The molecule has 0 bridgehead atoms. The third-order valence-electron chi connectivity index (χ3n) is 4.25. The van der Waals surface area contributed by atoms with Gasteiger partial charge in [-0.15, -0.1) is 0 Å². The van der Waals surface area contributed by atoms with E-state index in [1.165, 1.54) is 0 Å². The zero-order chi connectivity index (χ0) is 14.0. The Balaban J connectivity index is 2.34. The molecule has 0 aromatic heterocycles. The molecule has 1 aliphatic rings. The molecule has 19 heavy (non-hydrogen) atoms. The molecule has 0 radical (unpaired) electrons. The van der Waals surface area contributed by atoms with E-state index in [2.05, 4.69) is 0 Å². The highest BCUT2D eigenvalue weighted by molar-refractivity contribution is 5.45. The number of hydrogen-bond acceptors (Lipinski definition) is 2. The van der Waals surface area contributed by atoms with Gasteiger partial charge in [-0.2, -0.15) is 0 Å². The van der Waals surface area contributed by atoms with E-state index in [4.69, 9.17) is 5.73 Å². The van der Waals surface area contributed by atoms with E-state index < -0.39 is 0 Å². The summed E-state index contributed by atoms with van der Waals surface area (Å²) in [4.78, 5) is 0. The van der Waals surface area contributed by atoms with E-state index in [-0.39, 0.29) is 17.5 Å². The van der Waals surface area contributed by atoms with Gasteiger partial charge in [-0.25, -0.2) is 4.39 Å². The van der Waals surface area contributed by atoms with Crippen LogP contribution in [0.5, 0.6) is 5.75 Å². The maximum atomic E-state index is 14.6. The van der Waals surface area contributed by atoms with Gasteiger partial charge in [0, 0.05) is 5.56 Å². The fraction of sp³-hybridized carbons (Fsp3) is 0.625. The predicted octanol–water partition coefficient (Wildman–Crippen LogP) is 3.50. The SMILES string of the molecule is CC(C)c1c(O)cc2c(c1F)CC[C@@H](CCN)CC2. The average Bonchev–Trinajstić information content (AvgIpc) is 2.52. The Morgan fingerprint density at radius 1 is 1.37 bits per heavy atom. The Bertz CT molecular complexity index is 457. The molecular weight excluding hydrogens is 241 g/mol. The lowest BCUT2D eigenvalue weighted by molar-refractivity contribution is 0.436. The topological polar surface area (TPSA) is 46.2 Å². The summed E-state index contributed by atoms with van der Waals surface area (Å²) in [5.41, 5.74) is 7.89. The minimum absolute atomic E-state index is 0.00777. The second-order valence-electron chi connectivity index (χ2n) is 5.94. The molecule has 0 unspecified atom stereocenters. The van der Waals surface area contributed by atoms with Crippen LogP contribution >= 0.6 is 0 Å². The molecule has 0 heterocycles. The van der Waals surface area contributed by atoms with E-state index >= 15 is 0 Å². The van der Waals surface area contributed by atoms with Gasteiger partial charge in [0.15, 0.2) is 0 Å². The number of rotatable bonds is 3. The number of benzene rings is 1. The van der Waals surface area contributed by atoms with Crippen LogP contribution in [0, 0.1) is 11.7 Å². The lowest BCUT2D eigenvalue weighted by Crippen LogP contribution is -2.09. The lowest BCUT2D eigenvalue weighted by Gasteiger charge is -2.16. The Hall–Kier alpha value is -1.09. The Kier molecular flexibility index (Phi) is 4.46. The van der Waals surface area contributed by atoms with Gasteiger partial charge in [0.25, 0.3) is 0 Å². The van der Waals surface area contributed by atoms with Gasteiger partial charge in [0.1, 0.15) is 11.6 Å². The van der Waals surface area contributed by atoms with Crippen molar-refractivity contribution < 1.29 is 9.50 Å². The number of phenolic OH excluding ortho intramolecular Hbond substituents is 1. The summed E-state index contributed by atoms with van der Waals surface area (Å²) in [6.45, 7) is 4.53. The molecule has 2 nitrogen and oxygen atoms in total. The standard InChI is InChI=1S/C16H24FNO/c1-10(2)15-14(19)9-12-5-3-11(7-8-18)4-6-13(12)16(15)17/h9-11,19H,3-8,18H2,1-2H3/t11-/m0/s1. The number of aromatic hydroxyl groups is 1. The summed E-state index contributed by atoms with van der Waals surface area (Å²) in [5.74, 6) is 0.525. The molecule has 1 atom stereocenters. The first-order valence-corrected chi connectivity index (χ1v) is 7.27. The van der Waals surface area contributed by atoms with Crippen LogP contribution in [0.1, 0.15) is 55.7 Å². The van der Waals surface area contributed by atoms with Crippen molar-refractivity contribution in [2.24, 2.45) is 11.7 Å². The number of halogens is 1. The summed E-state index contributed by atoms with van der Waals surface area (Å²) in [5, 5.41) is 10.0. The van der Waals surface area contributed by atoms with Crippen LogP contribution in [0.15, 0.2) is 6.07 Å². The monoisotopic (exact) mass is 265 g/mol. The largest absolute Gasteiger partial charge is 0.508 e. The highest BCUT2D eigenvalue weighted by atomic mass is 19.1. The average molecular weight is 265 g/mol. The predicted molar refractivity (Wildman–Crippen MR) is 76.0 cm³/mol. The van der Waals surface area contributed by atoms with Gasteiger partial charge >= 0.3 is 0 Å². The molecule has 3 heteroatoms. The smallest absolute Gasteiger partial charge is 0.133 e. The minimum atomic E-state index is -0.182. The van der Waals surface area contributed by atoms with Gasteiger partial charge in [-0.1, -0.05) is 13.8 Å². The molecule has 0 aliphatic heterocycles. The van der Waals surface area contributed by atoms with Crippen LogP contribution in [-0.2, 0) is 12.8 Å². The Morgan fingerprint density at radius 2 is 2.05 bits per heavy atom. The number of nitrogens with two attached hydrogens (primary N) is 1. The second-order valence-corrected chi connectivity index (χ2v) is 5.94. The van der Waals surface area contributed by atoms with Crippen LogP contribution in [0.25, 0.3) is 0 Å². The van der Waals surface area contributed by atoms with Gasteiger partial charge in [0.2, 0.25) is 0 Å². The van der Waals surface area contributed by atoms with Gasteiger partial charge in [0.05, 0.1) is 0 Å². The molecule has 1 aromatic carbocycles. The molecule has 0 saturated heterocycles. The highest BCUT2D eigenvalue weighted by Crippen LogP contribution is 2.36. The number of hydrogen-bond donors (Lipinski definition) is 2. The molecule has 106 valence electrons. The molecule has 0 saturated carbocycles. The first-order valence-electron chi connectivity index (χ1n) is 7.27. The highest BCUT2D eigenvalue weighted by Gasteiger charge is 2.23.